The Morgan fingerprint density at radius 3 is 2.50 bits per heavy atom. The van der Waals surface area contributed by atoms with Gasteiger partial charge in [0.25, 0.3) is 11.5 Å². The van der Waals surface area contributed by atoms with E-state index in [1.807, 2.05) is 12.4 Å². The zero-order valence-electron chi connectivity index (χ0n) is 19.8. The molecule has 0 bridgehead atoms. The van der Waals surface area contributed by atoms with E-state index in [0.717, 1.165) is 39.3 Å². The van der Waals surface area contributed by atoms with Crippen LogP contribution in [0.3, 0.4) is 0 Å². The third-order valence-corrected chi connectivity index (χ3v) is 8.95. The Balaban J connectivity index is 1.50. The molecule has 5 aromatic heterocycles. The van der Waals surface area contributed by atoms with E-state index < -0.39 is 5.66 Å². The quantitative estimate of drug-likeness (QED) is 0.229. The van der Waals surface area contributed by atoms with Crippen LogP contribution in [-0.4, -0.2) is 19.2 Å². The van der Waals surface area contributed by atoms with Gasteiger partial charge in [0.15, 0.2) is 11.0 Å². The lowest BCUT2D eigenvalue weighted by Gasteiger charge is -2.36. The molecule has 3 aromatic carbocycles. The van der Waals surface area contributed by atoms with Gasteiger partial charge in [-0.1, -0.05) is 18.2 Å². The SMILES string of the molecule is c1cc[n+]2c(c1)-n1c3ccccc3c3ccc4c(c31)C21c2c(ccc3c5cnncc5n5cc[n+]1c5c23)O4. The van der Waals surface area contributed by atoms with Crippen LogP contribution in [0.2, 0.25) is 0 Å². The van der Waals surface area contributed by atoms with Crippen LogP contribution in [0.5, 0.6) is 11.5 Å². The van der Waals surface area contributed by atoms with E-state index in [1.54, 1.807) is 0 Å². The van der Waals surface area contributed by atoms with Gasteiger partial charge in [-0.2, -0.15) is 28.3 Å². The number of fused-ring (bicyclic) bond motifs is 8. The van der Waals surface area contributed by atoms with E-state index in [4.69, 9.17) is 4.74 Å². The van der Waals surface area contributed by atoms with Gasteiger partial charge < -0.3 is 4.74 Å². The molecule has 3 aliphatic rings. The van der Waals surface area contributed by atoms with Crippen LogP contribution in [0.1, 0.15) is 11.1 Å². The maximum Gasteiger partial charge on any atom is 0.318 e. The maximum absolute atomic E-state index is 6.77. The molecule has 0 N–H and O–H groups in total. The number of para-hydroxylation sites is 1. The standard InChI is InChI=1S/C31H16N6O/c1-2-6-21-17(5-1)19-9-11-24-28-29(19)37(21)25-7-3-4-12-35(25)31(28)27-23(38-24)10-8-18-20-15-32-33-16-22(20)34-13-14-36(31)30(34)26(18)27/h1-16H/q+2. The molecule has 0 aliphatic carbocycles. The fourth-order valence-electron chi connectivity index (χ4n) is 7.70. The molecule has 7 heteroatoms. The highest BCUT2D eigenvalue weighted by Gasteiger charge is 2.64. The first-order chi connectivity index (χ1) is 18.9. The van der Waals surface area contributed by atoms with E-state index in [0.29, 0.717) is 0 Å². The Morgan fingerprint density at radius 1 is 0.684 bits per heavy atom. The second-order valence-corrected chi connectivity index (χ2v) is 10.4. The fourth-order valence-corrected chi connectivity index (χ4v) is 7.70. The van der Waals surface area contributed by atoms with Crippen LogP contribution in [0.15, 0.2) is 97.7 Å². The van der Waals surface area contributed by atoms with Gasteiger partial charge in [0, 0.05) is 22.2 Å². The van der Waals surface area contributed by atoms with E-state index in [1.165, 1.54) is 38.3 Å². The molecule has 38 heavy (non-hydrogen) atoms. The van der Waals surface area contributed by atoms with Gasteiger partial charge in [-0.05, 0) is 42.5 Å². The Hall–Kier alpha value is -5.30. The lowest BCUT2D eigenvalue weighted by atomic mass is 9.83. The van der Waals surface area contributed by atoms with Crippen LogP contribution in [0, 0.1) is 0 Å². The molecular weight excluding hydrogens is 472 g/mol. The summed E-state index contributed by atoms with van der Waals surface area (Å²) in [5.41, 5.74) is 6.28. The largest absolute Gasteiger partial charge is 0.456 e. The minimum Gasteiger partial charge on any atom is -0.456 e. The van der Waals surface area contributed by atoms with E-state index in [2.05, 4.69) is 114 Å². The Labute approximate surface area is 214 Å². The molecule has 0 saturated carbocycles. The molecule has 174 valence electrons. The van der Waals surface area contributed by atoms with Crippen LogP contribution in [-0.2, 0) is 5.66 Å². The lowest BCUT2D eigenvalue weighted by molar-refractivity contribution is -0.956. The van der Waals surface area contributed by atoms with E-state index >= 15 is 0 Å². The highest BCUT2D eigenvalue weighted by Crippen LogP contribution is 2.56. The number of rotatable bonds is 0. The third kappa shape index (κ3) is 1.59. The van der Waals surface area contributed by atoms with Gasteiger partial charge in [-0.25, -0.2) is 0 Å². The average molecular weight is 489 g/mol. The molecule has 3 aliphatic heterocycles. The number of benzene rings is 3. The molecule has 7 nitrogen and oxygen atoms in total. The van der Waals surface area contributed by atoms with Crippen molar-refractivity contribution in [1.82, 2.24) is 19.2 Å². The molecule has 0 saturated heterocycles. The van der Waals surface area contributed by atoms with E-state index in [-0.39, 0.29) is 0 Å². The lowest BCUT2D eigenvalue weighted by Crippen LogP contribution is -2.75. The number of pyridine rings is 2. The summed E-state index contributed by atoms with van der Waals surface area (Å²) in [7, 11) is 0. The zero-order valence-corrected chi connectivity index (χ0v) is 19.8. The molecule has 0 radical (unpaired) electrons. The van der Waals surface area contributed by atoms with Crippen LogP contribution < -0.4 is 13.9 Å². The van der Waals surface area contributed by atoms with Crippen molar-refractivity contribution in [2.75, 3.05) is 0 Å². The number of aromatic nitrogens is 6. The number of ether oxygens (including phenoxy) is 1. The molecule has 11 rings (SSSR count). The van der Waals surface area contributed by atoms with Gasteiger partial charge >= 0.3 is 5.66 Å². The Kier molecular flexibility index (Phi) is 2.61. The molecule has 1 atom stereocenters. The summed E-state index contributed by atoms with van der Waals surface area (Å²) in [5.74, 6) is 2.91. The highest BCUT2D eigenvalue weighted by molar-refractivity contribution is 6.15. The van der Waals surface area contributed by atoms with Crippen molar-refractivity contribution in [1.29, 1.82) is 0 Å². The van der Waals surface area contributed by atoms with Gasteiger partial charge in [0.2, 0.25) is 0 Å². The molecule has 0 amide bonds. The monoisotopic (exact) mass is 488 g/mol. The maximum atomic E-state index is 6.77. The van der Waals surface area contributed by atoms with Crippen molar-refractivity contribution >= 4 is 49.1 Å². The Bertz CT molecular complexity index is 2450. The zero-order chi connectivity index (χ0) is 24.3. The summed E-state index contributed by atoms with van der Waals surface area (Å²) < 4.78 is 16.3. The van der Waals surface area contributed by atoms with E-state index in [9.17, 15) is 0 Å². The van der Waals surface area contributed by atoms with Crippen molar-refractivity contribution in [2.24, 2.45) is 0 Å². The third-order valence-electron chi connectivity index (χ3n) is 8.95. The van der Waals surface area contributed by atoms with Crippen molar-refractivity contribution in [3.8, 4) is 17.3 Å². The first kappa shape index (κ1) is 18.0. The molecule has 8 heterocycles. The average Bonchev–Trinajstić information content (AvgIpc) is 3.65. The van der Waals surface area contributed by atoms with Gasteiger partial charge in [0.05, 0.1) is 29.4 Å². The highest BCUT2D eigenvalue weighted by atomic mass is 16.5. The second-order valence-electron chi connectivity index (χ2n) is 10.4. The topological polar surface area (TPSA) is 52.1 Å². The smallest absolute Gasteiger partial charge is 0.318 e. The first-order valence-corrected chi connectivity index (χ1v) is 12.8. The molecule has 1 spiro atoms. The number of imidazole rings is 1. The molecule has 8 aromatic rings. The Morgan fingerprint density at radius 2 is 1.53 bits per heavy atom. The minimum absolute atomic E-state index is 0.641. The van der Waals surface area contributed by atoms with Gasteiger partial charge in [0.1, 0.15) is 40.5 Å². The number of hydrogen-bond donors (Lipinski definition) is 0. The van der Waals surface area contributed by atoms with Crippen molar-refractivity contribution in [3.63, 3.8) is 0 Å². The summed E-state index contributed by atoms with van der Waals surface area (Å²) >= 11 is 0. The predicted octanol–water partition coefficient (Wildman–Crippen LogP) is 4.74. The summed E-state index contributed by atoms with van der Waals surface area (Å²) in [6.45, 7) is 0. The minimum atomic E-state index is -0.641. The fraction of sp³-hybridized carbons (Fsp3) is 0.0323. The van der Waals surface area contributed by atoms with Gasteiger partial charge in [-0.3, -0.25) is 0 Å². The molecule has 0 fully saturated rings. The van der Waals surface area contributed by atoms with Crippen molar-refractivity contribution in [2.45, 2.75) is 5.66 Å². The van der Waals surface area contributed by atoms with Gasteiger partial charge in [-0.15, -0.1) is 0 Å². The summed E-state index contributed by atoms with van der Waals surface area (Å²) in [6.07, 6.45) is 10.3. The number of hydrogen-bond acceptors (Lipinski definition) is 3. The summed E-state index contributed by atoms with van der Waals surface area (Å²) in [4.78, 5) is 0. The molecular formula is C31H16N6O+2. The second kappa shape index (κ2) is 5.50. The van der Waals surface area contributed by atoms with Crippen molar-refractivity contribution < 1.29 is 13.9 Å². The first-order valence-electron chi connectivity index (χ1n) is 12.8. The predicted molar refractivity (Wildman–Crippen MR) is 141 cm³/mol. The molecule has 1 unspecified atom stereocenters. The van der Waals surface area contributed by atoms with Crippen LogP contribution >= 0.6 is 0 Å². The normalized spacial score (nSPS) is 17.8. The summed E-state index contributed by atoms with van der Waals surface area (Å²) in [5, 5.41) is 14.4. The van der Waals surface area contributed by atoms with Crippen LogP contribution in [0.25, 0.3) is 54.9 Å². The van der Waals surface area contributed by atoms with Crippen LogP contribution in [0.4, 0.5) is 0 Å². The van der Waals surface area contributed by atoms with Crippen molar-refractivity contribution in [3.05, 3.63) is 109 Å². The summed E-state index contributed by atoms with van der Waals surface area (Å²) in [6, 6.07) is 23.8. The number of nitrogens with zero attached hydrogens (tertiary/aromatic N) is 6.